The monoisotopic (exact) mass is 394 g/mol. The van der Waals surface area contributed by atoms with Crippen molar-refractivity contribution in [1.29, 1.82) is 0 Å². The van der Waals surface area contributed by atoms with E-state index in [4.69, 9.17) is 4.52 Å². The molecule has 0 aliphatic carbocycles. The molecule has 0 atom stereocenters. The van der Waals surface area contributed by atoms with Crippen LogP contribution in [-0.2, 0) is 10.0 Å². The van der Waals surface area contributed by atoms with Gasteiger partial charge in [0, 0.05) is 26.4 Å². The van der Waals surface area contributed by atoms with Gasteiger partial charge < -0.3 is 4.52 Å². The van der Waals surface area contributed by atoms with Crippen LogP contribution in [-0.4, -0.2) is 19.8 Å². The Balaban J connectivity index is 2.08. The number of hydrogen-bond acceptors (Lipinski definition) is 6. The summed E-state index contributed by atoms with van der Waals surface area (Å²) in [6.45, 7) is 5.50. The van der Waals surface area contributed by atoms with Crippen molar-refractivity contribution in [2.75, 3.05) is 11.0 Å². The molecule has 0 amide bonds. The van der Waals surface area contributed by atoms with Crippen molar-refractivity contribution in [2.45, 2.75) is 30.6 Å². The number of hydrogen-bond donors (Lipinski definition) is 1. The maximum atomic E-state index is 13.1. The highest BCUT2D eigenvalue weighted by molar-refractivity contribution is 7.98. The van der Waals surface area contributed by atoms with Gasteiger partial charge in [-0.1, -0.05) is 11.2 Å². The first-order valence-corrected chi connectivity index (χ1v) is 11.0. The molecule has 8 heteroatoms. The van der Waals surface area contributed by atoms with Crippen LogP contribution in [0.15, 0.2) is 44.6 Å². The summed E-state index contributed by atoms with van der Waals surface area (Å²) in [4.78, 5) is 2.84. The van der Waals surface area contributed by atoms with E-state index < -0.39 is 10.0 Å². The summed E-state index contributed by atoms with van der Waals surface area (Å²) in [7, 11) is -3.75. The third kappa shape index (κ3) is 3.61. The molecule has 1 N–H and O–H groups in total. The summed E-state index contributed by atoms with van der Waals surface area (Å²) < 4.78 is 34.1. The molecule has 0 spiro atoms. The van der Waals surface area contributed by atoms with E-state index in [2.05, 4.69) is 9.88 Å². The smallest absolute Gasteiger partial charge is 0.263 e. The topological polar surface area (TPSA) is 72.2 Å². The molecule has 1 aromatic carbocycles. The molecule has 2 heterocycles. The molecule has 3 rings (SSSR count). The highest BCUT2D eigenvalue weighted by Crippen LogP contribution is 2.40. The van der Waals surface area contributed by atoms with E-state index in [-0.39, 0.29) is 4.90 Å². The number of sulfonamides is 1. The highest BCUT2D eigenvalue weighted by Gasteiger charge is 2.28. The SMILES string of the molecule is CSc1cccc(NS(=O)(=O)c2c(C)sc(C)c2-c2cc(C)no2)c1. The molecule has 0 radical (unpaired) electrons. The van der Waals surface area contributed by atoms with Crippen LogP contribution in [0.1, 0.15) is 15.4 Å². The van der Waals surface area contributed by atoms with Crippen LogP contribution >= 0.6 is 23.1 Å². The van der Waals surface area contributed by atoms with E-state index in [1.165, 1.54) is 11.3 Å². The van der Waals surface area contributed by atoms with Gasteiger partial charge in [-0.15, -0.1) is 23.1 Å². The average Bonchev–Trinajstić information content (AvgIpc) is 3.09. The number of benzene rings is 1. The zero-order valence-corrected chi connectivity index (χ0v) is 16.7. The molecular formula is C17H18N2O3S3. The molecule has 25 heavy (non-hydrogen) atoms. The maximum absolute atomic E-state index is 13.1. The summed E-state index contributed by atoms with van der Waals surface area (Å²) in [6, 6.07) is 9.07. The van der Waals surface area contributed by atoms with Gasteiger partial charge in [0.1, 0.15) is 4.90 Å². The van der Waals surface area contributed by atoms with Crippen LogP contribution in [0.3, 0.4) is 0 Å². The molecule has 132 valence electrons. The van der Waals surface area contributed by atoms with Gasteiger partial charge in [-0.05, 0) is 45.2 Å². The fourth-order valence-corrected chi connectivity index (χ4v) is 6.02. The first-order valence-electron chi connectivity index (χ1n) is 7.52. The van der Waals surface area contributed by atoms with Gasteiger partial charge in [0.25, 0.3) is 10.0 Å². The summed E-state index contributed by atoms with van der Waals surface area (Å²) >= 11 is 2.99. The van der Waals surface area contributed by atoms with Crippen LogP contribution in [0.2, 0.25) is 0 Å². The minimum absolute atomic E-state index is 0.251. The normalized spacial score (nSPS) is 11.7. The van der Waals surface area contributed by atoms with Gasteiger partial charge in [-0.25, -0.2) is 8.42 Å². The lowest BCUT2D eigenvalue weighted by Crippen LogP contribution is -2.14. The lowest BCUT2D eigenvalue weighted by molar-refractivity contribution is 0.426. The van der Waals surface area contributed by atoms with E-state index in [1.54, 1.807) is 30.8 Å². The Bertz CT molecular complexity index is 1020. The van der Waals surface area contributed by atoms with Crippen molar-refractivity contribution in [3.8, 4) is 11.3 Å². The Hall–Kier alpha value is -1.77. The molecule has 0 fully saturated rings. The van der Waals surface area contributed by atoms with Gasteiger partial charge in [0.15, 0.2) is 5.76 Å². The van der Waals surface area contributed by atoms with Gasteiger partial charge in [-0.2, -0.15) is 0 Å². The molecule has 0 saturated carbocycles. The molecule has 2 aromatic heterocycles. The molecular weight excluding hydrogens is 376 g/mol. The predicted octanol–water partition coefficient (Wildman–Crippen LogP) is 4.85. The summed E-state index contributed by atoms with van der Waals surface area (Å²) in [6.07, 6.45) is 1.95. The number of aromatic nitrogens is 1. The van der Waals surface area contributed by atoms with Crippen molar-refractivity contribution in [2.24, 2.45) is 0 Å². The van der Waals surface area contributed by atoms with Crippen LogP contribution in [0, 0.1) is 20.8 Å². The second-order valence-corrected chi connectivity index (χ2v) is 9.52. The van der Waals surface area contributed by atoms with Crippen molar-refractivity contribution in [1.82, 2.24) is 5.16 Å². The van der Waals surface area contributed by atoms with Crippen LogP contribution in [0.4, 0.5) is 5.69 Å². The van der Waals surface area contributed by atoms with Crippen molar-refractivity contribution >= 4 is 38.8 Å². The third-order valence-corrected chi connectivity index (χ3v) is 7.10. The Labute approximate surface area is 155 Å². The lowest BCUT2D eigenvalue weighted by Gasteiger charge is -2.10. The lowest BCUT2D eigenvalue weighted by atomic mass is 10.2. The van der Waals surface area contributed by atoms with Crippen molar-refractivity contribution in [3.63, 3.8) is 0 Å². The van der Waals surface area contributed by atoms with E-state index in [0.717, 1.165) is 14.6 Å². The quantitative estimate of drug-likeness (QED) is 0.626. The molecule has 0 saturated heterocycles. The molecule has 5 nitrogen and oxygen atoms in total. The number of thiophene rings is 1. The number of nitrogens with one attached hydrogen (secondary N) is 1. The van der Waals surface area contributed by atoms with Gasteiger partial charge in [0.2, 0.25) is 0 Å². The predicted molar refractivity (Wildman–Crippen MR) is 103 cm³/mol. The third-order valence-electron chi connectivity index (χ3n) is 3.67. The van der Waals surface area contributed by atoms with E-state index >= 15 is 0 Å². The van der Waals surface area contributed by atoms with Crippen LogP contribution in [0.5, 0.6) is 0 Å². The minimum atomic E-state index is -3.75. The maximum Gasteiger partial charge on any atom is 0.263 e. The number of aryl methyl sites for hydroxylation is 3. The van der Waals surface area contributed by atoms with E-state index in [1.807, 2.05) is 38.3 Å². The standard InChI is InChI=1S/C17H18N2O3S3/c1-10-8-15(22-18-10)16-11(2)24-12(3)17(16)25(20,21)19-13-6-5-7-14(9-13)23-4/h5-9,19H,1-4H3. The van der Waals surface area contributed by atoms with E-state index in [9.17, 15) is 8.42 Å². The second kappa shape index (κ2) is 6.86. The van der Waals surface area contributed by atoms with Gasteiger partial charge >= 0.3 is 0 Å². The summed E-state index contributed by atoms with van der Waals surface area (Å²) in [5, 5.41) is 3.88. The summed E-state index contributed by atoms with van der Waals surface area (Å²) in [5.41, 5.74) is 1.83. The molecule has 0 unspecified atom stereocenters. The van der Waals surface area contributed by atoms with Crippen molar-refractivity contribution < 1.29 is 12.9 Å². The summed E-state index contributed by atoms with van der Waals surface area (Å²) in [5.74, 6) is 0.470. The highest BCUT2D eigenvalue weighted by atomic mass is 32.2. The Morgan fingerprint density at radius 2 is 1.92 bits per heavy atom. The average molecular weight is 395 g/mol. The van der Waals surface area contributed by atoms with Gasteiger partial charge in [-0.3, -0.25) is 4.72 Å². The Kier molecular flexibility index (Phi) is 4.95. The fraction of sp³-hybridized carbons (Fsp3) is 0.235. The number of nitrogens with zero attached hydrogens (tertiary/aromatic N) is 1. The van der Waals surface area contributed by atoms with Crippen LogP contribution < -0.4 is 4.72 Å². The minimum Gasteiger partial charge on any atom is -0.356 e. The molecule has 0 aliphatic rings. The largest absolute Gasteiger partial charge is 0.356 e. The first-order chi connectivity index (χ1) is 11.8. The fourth-order valence-electron chi connectivity index (χ4n) is 2.65. The Morgan fingerprint density at radius 1 is 1.16 bits per heavy atom. The molecule has 3 aromatic rings. The molecule has 0 aliphatic heterocycles. The zero-order chi connectivity index (χ0) is 18.2. The second-order valence-electron chi connectivity index (χ2n) is 5.59. The number of rotatable bonds is 5. The van der Waals surface area contributed by atoms with Crippen LogP contribution in [0.25, 0.3) is 11.3 Å². The first kappa shape index (κ1) is 18.0. The number of thioether (sulfide) groups is 1. The van der Waals surface area contributed by atoms with Gasteiger partial charge in [0.05, 0.1) is 11.3 Å². The zero-order valence-electron chi connectivity index (χ0n) is 14.3. The Morgan fingerprint density at radius 3 is 2.56 bits per heavy atom. The molecule has 0 bridgehead atoms. The number of anilines is 1. The van der Waals surface area contributed by atoms with E-state index in [0.29, 0.717) is 22.7 Å². The van der Waals surface area contributed by atoms with Crippen molar-refractivity contribution in [3.05, 3.63) is 45.8 Å².